The van der Waals surface area contributed by atoms with Crippen molar-refractivity contribution < 1.29 is 23.9 Å². The summed E-state index contributed by atoms with van der Waals surface area (Å²) in [5.41, 5.74) is 0.721. The first-order valence-corrected chi connectivity index (χ1v) is 7.65. The van der Waals surface area contributed by atoms with Crippen molar-refractivity contribution in [2.75, 3.05) is 21.3 Å². The lowest BCUT2D eigenvalue weighted by Gasteiger charge is -2.14. The van der Waals surface area contributed by atoms with Crippen molar-refractivity contribution in [3.8, 4) is 23.0 Å². The van der Waals surface area contributed by atoms with Gasteiger partial charge in [-0.05, 0) is 28.1 Å². The van der Waals surface area contributed by atoms with E-state index in [9.17, 15) is 10.1 Å². The SMILES string of the molecule is COc1ccc([N+](=O)[O-])cc1OCc1ccc(OC)c(OC)c1Br. The van der Waals surface area contributed by atoms with Crippen LogP contribution >= 0.6 is 15.9 Å². The van der Waals surface area contributed by atoms with Gasteiger partial charge in [0, 0.05) is 11.6 Å². The summed E-state index contributed by atoms with van der Waals surface area (Å²) in [5.74, 6) is 1.83. The fraction of sp³-hybridized carbons (Fsp3) is 0.250. The molecule has 0 spiro atoms. The summed E-state index contributed by atoms with van der Waals surface area (Å²) in [6.45, 7) is 0.165. The van der Waals surface area contributed by atoms with E-state index in [-0.39, 0.29) is 18.0 Å². The van der Waals surface area contributed by atoms with Crippen molar-refractivity contribution in [2.45, 2.75) is 6.61 Å². The van der Waals surface area contributed by atoms with E-state index in [1.54, 1.807) is 13.2 Å². The van der Waals surface area contributed by atoms with Crippen molar-refractivity contribution in [2.24, 2.45) is 0 Å². The van der Waals surface area contributed by atoms with Gasteiger partial charge in [-0.15, -0.1) is 0 Å². The maximum atomic E-state index is 10.9. The Balaban J connectivity index is 2.28. The number of ether oxygens (including phenoxy) is 4. The van der Waals surface area contributed by atoms with Crippen LogP contribution in [0, 0.1) is 10.1 Å². The van der Waals surface area contributed by atoms with E-state index in [0.717, 1.165) is 5.56 Å². The summed E-state index contributed by atoms with van der Waals surface area (Å²) >= 11 is 3.46. The highest BCUT2D eigenvalue weighted by Gasteiger charge is 2.16. The van der Waals surface area contributed by atoms with Gasteiger partial charge in [-0.2, -0.15) is 0 Å². The second kappa shape index (κ2) is 7.87. The van der Waals surface area contributed by atoms with Crippen LogP contribution < -0.4 is 18.9 Å². The number of rotatable bonds is 7. The molecule has 0 saturated carbocycles. The van der Waals surface area contributed by atoms with Gasteiger partial charge < -0.3 is 18.9 Å². The molecule has 0 heterocycles. The number of hydrogen-bond donors (Lipinski definition) is 0. The molecule has 24 heavy (non-hydrogen) atoms. The summed E-state index contributed by atoms with van der Waals surface area (Å²) in [7, 11) is 4.56. The average molecular weight is 398 g/mol. The van der Waals surface area contributed by atoms with Gasteiger partial charge in [-0.25, -0.2) is 0 Å². The quantitative estimate of drug-likeness (QED) is 0.519. The van der Waals surface area contributed by atoms with Crippen LogP contribution in [0.2, 0.25) is 0 Å². The van der Waals surface area contributed by atoms with Crippen LogP contribution in [0.5, 0.6) is 23.0 Å². The number of nitro groups is 1. The second-order valence-electron chi connectivity index (χ2n) is 4.66. The summed E-state index contributed by atoms with van der Waals surface area (Å²) in [5, 5.41) is 10.9. The van der Waals surface area contributed by atoms with Crippen molar-refractivity contribution >= 4 is 21.6 Å². The number of halogens is 1. The van der Waals surface area contributed by atoms with Crippen LogP contribution in [0.15, 0.2) is 34.8 Å². The Kier molecular flexibility index (Phi) is 5.86. The molecular weight excluding hydrogens is 382 g/mol. The molecule has 0 aliphatic carbocycles. The van der Waals surface area contributed by atoms with E-state index in [1.165, 1.54) is 32.4 Å². The molecule has 7 nitrogen and oxygen atoms in total. The van der Waals surface area contributed by atoms with Crippen molar-refractivity contribution in [1.29, 1.82) is 0 Å². The molecule has 0 aromatic heterocycles. The Morgan fingerprint density at radius 2 is 1.67 bits per heavy atom. The number of methoxy groups -OCH3 is 3. The summed E-state index contributed by atoms with van der Waals surface area (Å²) in [6.07, 6.45) is 0. The zero-order valence-corrected chi connectivity index (χ0v) is 15.0. The van der Waals surface area contributed by atoms with Gasteiger partial charge in [0.25, 0.3) is 5.69 Å². The lowest BCUT2D eigenvalue weighted by Crippen LogP contribution is -2.01. The van der Waals surface area contributed by atoms with E-state index in [2.05, 4.69) is 15.9 Å². The third-order valence-corrected chi connectivity index (χ3v) is 4.18. The van der Waals surface area contributed by atoms with Gasteiger partial charge in [0.2, 0.25) is 0 Å². The smallest absolute Gasteiger partial charge is 0.273 e. The number of benzene rings is 2. The summed E-state index contributed by atoms with van der Waals surface area (Å²) < 4.78 is 22.1. The Hall–Kier alpha value is -2.48. The summed E-state index contributed by atoms with van der Waals surface area (Å²) in [6, 6.07) is 7.75. The molecule has 0 fully saturated rings. The van der Waals surface area contributed by atoms with Crippen LogP contribution in [0.4, 0.5) is 5.69 Å². The predicted octanol–water partition coefficient (Wildman–Crippen LogP) is 3.96. The van der Waals surface area contributed by atoms with Gasteiger partial charge in [0.05, 0.1) is 36.8 Å². The number of hydrogen-bond acceptors (Lipinski definition) is 6. The fourth-order valence-corrected chi connectivity index (χ4v) is 2.69. The molecule has 0 radical (unpaired) electrons. The molecule has 0 unspecified atom stereocenters. The maximum Gasteiger partial charge on any atom is 0.273 e. The monoisotopic (exact) mass is 397 g/mol. The van der Waals surface area contributed by atoms with Crippen LogP contribution in [0.25, 0.3) is 0 Å². The molecule has 128 valence electrons. The molecule has 0 bridgehead atoms. The third-order valence-electron chi connectivity index (χ3n) is 3.31. The Morgan fingerprint density at radius 3 is 2.25 bits per heavy atom. The normalized spacial score (nSPS) is 10.2. The van der Waals surface area contributed by atoms with Gasteiger partial charge in [0.1, 0.15) is 6.61 Å². The van der Waals surface area contributed by atoms with E-state index in [4.69, 9.17) is 18.9 Å². The first-order chi connectivity index (χ1) is 11.5. The van der Waals surface area contributed by atoms with Crippen LogP contribution in [0.1, 0.15) is 5.56 Å². The molecule has 0 aliphatic heterocycles. The van der Waals surface area contributed by atoms with Crippen molar-refractivity contribution in [3.63, 3.8) is 0 Å². The zero-order chi connectivity index (χ0) is 17.7. The largest absolute Gasteiger partial charge is 0.493 e. The Bertz CT molecular complexity index is 750. The van der Waals surface area contributed by atoms with E-state index in [0.29, 0.717) is 21.7 Å². The molecule has 2 aromatic rings. The topological polar surface area (TPSA) is 80.1 Å². The van der Waals surface area contributed by atoms with Gasteiger partial charge in [-0.3, -0.25) is 10.1 Å². The number of non-ortho nitro benzene ring substituents is 1. The minimum Gasteiger partial charge on any atom is -0.493 e. The lowest BCUT2D eigenvalue weighted by molar-refractivity contribution is -0.385. The maximum absolute atomic E-state index is 10.9. The minimum absolute atomic E-state index is 0.0721. The minimum atomic E-state index is -0.487. The highest BCUT2D eigenvalue weighted by Crippen LogP contribution is 2.38. The Labute approximate surface area is 147 Å². The van der Waals surface area contributed by atoms with E-state index < -0.39 is 4.92 Å². The lowest BCUT2D eigenvalue weighted by atomic mass is 10.2. The molecule has 0 N–H and O–H groups in total. The van der Waals surface area contributed by atoms with Crippen LogP contribution in [-0.4, -0.2) is 26.3 Å². The molecule has 0 saturated heterocycles. The first kappa shape index (κ1) is 17.9. The van der Waals surface area contributed by atoms with Gasteiger partial charge in [-0.1, -0.05) is 6.07 Å². The molecule has 0 aliphatic rings. The molecule has 8 heteroatoms. The van der Waals surface area contributed by atoms with Gasteiger partial charge in [0.15, 0.2) is 23.0 Å². The predicted molar refractivity (Wildman–Crippen MR) is 91.2 cm³/mol. The fourth-order valence-electron chi connectivity index (χ4n) is 2.09. The molecule has 0 atom stereocenters. The number of nitrogens with zero attached hydrogens (tertiary/aromatic N) is 1. The standard InChI is InChI=1S/C16H16BrNO6/c1-21-12-7-5-11(18(19)20)8-14(12)24-9-10-4-6-13(22-2)16(23-3)15(10)17/h4-8H,9H2,1-3H3. The van der Waals surface area contributed by atoms with E-state index in [1.807, 2.05) is 6.07 Å². The molecule has 2 aromatic carbocycles. The molecule has 0 amide bonds. The molecular formula is C16H16BrNO6. The van der Waals surface area contributed by atoms with E-state index >= 15 is 0 Å². The molecule has 2 rings (SSSR count). The highest BCUT2D eigenvalue weighted by atomic mass is 79.9. The van der Waals surface area contributed by atoms with Crippen molar-refractivity contribution in [1.82, 2.24) is 0 Å². The van der Waals surface area contributed by atoms with Crippen LogP contribution in [-0.2, 0) is 6.61 Å². The highest BCUT2D eigenvalue weighted by molar-refractivity contribution is 9.10. The van der Waals surface area contributed by atoms with Crippen LogP contribution in [0.3, 0.4) is 0 Å². The zero-order valence-electron chi connectivity index (χ0n) is 13.4. The number of nitro benzene ring substituents is 1. The van der Waals surface area contributed by atoms with Gasteiger partial charge >= 0.3 is 0 Å². The summed E-state index contributed by atoms with van der Waals surface area (Å²) in [4.78, 5) is 10.4. The first-order valence-electron chi connectivity index (χ1n) is 6.86. The Morgan fingerprint density at radius 1 is 1.00 bits per heavy atom. The van der Waals surface area contributed by atoms with Crippen molar-refractivity contribution in [3.05, 3.63) is 50.5 Å². The average Bonchev–Trinajstić information content (AvgIpc) is 2.59. The second-order valence-corrected chi connectivity index (χ2v) is 5.45. The third kappa shape index (κ3) is 3.70.